The Morgan fingerprint density at radius 1 is 1.27 bits per heavy atom. The minimum atomic E-state index is -0.164. The van der Waals surface area contributed by atoms with Crippen LogP contribution in [0.3, 0.4) is 0 Å². The molecule has 0 aliphatic rings. The molecular weight excluding hydrogens is 302 g/mol. The van der Waals surface area contributed by atoms with E-state index in [9.17, 15) is 4.79 Å². The second-order valence-corrected chi connectivity index (χ2v) is 5.82. The van der Waals surface area contributed by atoms with Gasteiger partial charge >= 0.3 is 5.69 Å². The van der Waals surface area contributed by atoms with Crippen molar-refractivity contribution in [1.29, 1.82) is 0 Å². The first kappa shape index (κ1) is 16.6. The number of methoxy groups -OCH3 is 2. The van der Waals surface area contributed by atoms with Crippen LogP contribution in [0.4, 0.5) is 0 Å². The summed E-state index contributed by atoms with van der Waals surface area (Å²) in [7, 11) is 3.31. The fourth-order valence-electron chi connectivity index (χ4n) is 2.03. The summed E-state index contributed by atoms with van der Waals surface area (Å²) in [5, 5.41) is 7.32. The molecule has 0 saturated heterocycles. The number of H-pyrrole nitrogens is 1. The summed E-state index contributed by atoms with van der Waals surface area (Å²) in [6.07, 6.45) is 1.70. The highest BCUT2D eigenvalue weighted by atomic mass is 32.2. The van der Waals surface area contributed by atoms with Gasteiger partial charge in [-0.25, -0.2) is 9.89 Å². The van der Waals surface area contributed by atoms with Crippen LogP contribution in [-0.2, 0) is 17.7 Å². The Labute approximate surface area is 133 Å². The Hall–Kier alpha value is -1.73. The average molecular weight is 323 g/mol. The van der Waals surface area contributed by atoms with Crippen LogP contribution < -0.4 is 10.4 Å². The lowest BCUT2D eigenvalue weighted by molar-refractivity contribution is 0.189. The van der Waals surface area contributed by atoms with Gasteiger partial charge in [-0.2, -0.15) is 0 Å². The molecule has 0 unspecified atom stereocenters. The molecule has 1 heterocycles. The van der Waals surface area contributed by atoms with E-state index in [4.69, 9.17) is 9.47 Å². The molecule has 0 fully saturated rings. The third kappa shape index (κ3) is 4.64. The number of hydrogen-bond donors (Lipinski definition) is 1. The highest BCUT2D eigenvalue weighted by molar-refractivity contribution is 7.99. The lowest BCUT2D eigenvalue weighted by atomic mass is 10.2. The smallest absolute Gasteiger partial charge is 0.343 e. The molecule has 22 heavy (non-hydrogen) atoms. The second kappa shape index (κ2) is 8.65. The number of aryl methyl sites for hydroxylation is 1. The van der Waals surface area contributed by atoms with Gasteiger partial charge in [-0.3, -0.25) is 4.57 Å². The minimum absolute atomic E-state index is 0.164. The summed E-state index contributed by atoms with van der Waals surface area (Å²) in [5.74, 6) is 1.72. The Morgan fingerprint density at radius 3 is 2.73 bits per heavy atom. The van der Waals surface area contributed by atoms with Crippen molar-refractivity contribution in [1.82, 2.24) is 14.8 Å². The highest BCUT2D eigenvalue weighted by Crippen LogP contribution is 2.17. The number of aromatic amines is 1. The largest absolute Gasteiger partial charge is 0.497 e. The number of benzene rings is 1. The fraction of sp³-hybridized carbons (Fsp3) is 0.467. The van der Waals surface area contributed by atoms with Crippen LogP contribution >= 0.6 is 11.8 Å². The standard InChI is InChI=1S/C15H21N3O3S/c1-20-10-3-9-18-14(19)16-17-15(18)22-11-8-12-4-6-13(21-2)7-5-12/h4-7H,3,8-11H2,1-2H3,(H,16,19). The maximum Gasteiger partial charge on any atom is 0.343 e. The van der Waals surface area contributed by atoms with E-state index in [1.807, 2.05) is 12.1 Å². The number of nitrogens with one attached hydrogen (secondary N) is 1. The molecule has 0 bridgehead atoms. The van der Waals surface area contributed by atoms with E-state index < -0.39 is 0 Å². The highest BCUT2D eigenvalue weighted by Gasteiger charge is 2.08. The molecule has 2 aromatic rings. The predicted molar refractivity (Wildman–Crippen MR) is 86.8 cm³/mol. The molecule has 120 valence electrons. The Morgan fingerprint density at radius 2 is 2.05 bits per heavy atom. The van der Waals surface area contributed by atoms with E-state index in [2.05, 4.69) is 22.3 Å². The quantitative estimate of drug-likeness (QED) is 0.564. The van der Waals surface area contributed by atoms with Gasteiger partial charge in [0.1, 0.15) is 5.75 Å². The van der Waals surface area contributed by atoms with Gasteiger partial charge < -0.3 is 9.47 Å². The summed E-state index contributed by atoms with van der Waals surface area (Å²) in [4.78, 5) is 11.7. The molecule has 7 heteroatoms. The van der Waals surface area contributed by atoms with E-state index in [-0.39, 0.29) is 5.69 Å². The van der Waals surface area contributed by atoms with Gasteiger partial charge in [0, 0.05) is 26.0 Å². The maximum atomic E-state index is 11.7. The second-order valence-electron chi connectivity index (χ2n) is 4.76. The molecule has 0 atom stereocenters. The van der Waals surface area contributed by atoms with E-state index in [0.717, 1.165) is 29.5 Å². The summed E-state index contributed by atoms with van der Waals surface area (Å²) >= 11 is 1.58. The van der Waals surface area contributed by atoms with Gasteiger partial charge in [0.2, 0.25) is 0 Å². The Bertz CT molecular complexity index is 622. The first-order valence-electron chi connectivity index (χ1n) is 7.14. The lowest BCUT2D eigenvalue weighted by Gasteiger charge is -2.06. The summed E-state index contributed by atoms with van der Waals surface area (Å²) in [6.45, 7) is 1.25. The normalized spacial score (nSPS) is 10.8. The minimum Gasteiger partial charge on any atom is -0.497 e. The van der Waals surface area contributed by atoms with Crippen LogP contribution in [0, 0.1) is 0 Å². The molecule has 0 aliphatic heterocycles. The Kier molecular flexibility index (Phi) is 6.54. The molecule has 0 amide bonds. The van der Waals surface area contributed by atoms with Gasteiger partial charge in [0.25, 0.3) is 0 Å². The third-order valence-electron chi connectivity index (χ3n) is 3.23. The first-order chi connectivity index (χ1) is 10.7. The molecule has 0 radical (unpaired) electrons. The van der Waals surface area contributed by atoms with E-state index in [0.29, 0.717) is 13.2 Å². The summed E-state index contributed by atoms with van der Waals surface area (Å²) in [5.41, 5.74) is 1.07. The molecule has 1 N–H and O–H groups in total. The van der Waals surface area contributed by atoms with Crippen molar-refractivity contribution in [3.05, 3.63) is 40.3 Å². The molecule has 1 aromatic carbocycles. The fourth-order valence-corrected chi connectivity index (χ4v) is 2.99. The maximum absolute atomic E-state index is 11.7. The molecular formula is C15H21N3O3S. The van der Waals surface area contributed by atoms with Gasteiger partial charge in [-0.1, -0.05) is 23.9 Å². The topological polar surface area (TPSA) is 69.1 Å². The number of thioether (sulfide) groups is 1. The lowest BCUT2D eigenvalue weighted by Crippen LogP contribution is -2.18. The summed E-state index contributed by atoms with van der Waals surface area (Å²) in [6, 6.07) is 8.01. The van der Waals surface area contributed by atoms with Crippen molar-refractivity contribution >= 4 is 11.8 Å². The zero-order valence-corrected chi connectivity index (χ0v) is 13.7. The van der Waals surface area contributed by atoms with Crippen LogP contribution in [0.2, 0.25) is 0 Å². The third-order valence-corrected chi connectivity index (χ3v) is 4.21. The van der Waals surface area contributed by atoms with Crippen LogP contribution in [0.1, 0.15) is 12.0 Å². The zero-order chi connectivity index (χ0) is 15.8. The van der Waals surface area contributed by atoms with Gasteiger partial charge in [0.05, 0.1) is 7.11 Å². The van der Waals surface area contributed by atoms with Crippen LogP contribution in [0.5, 0.6) is 5.75 Å². The van der Waals surface area contributed by atoms with E-state index >= 15 is 0 Å². The number of aromatic nitrogens is 3. The molecule has 1 aromatic heterocycles. The molecule has 2 rings (SSSR count). The van der Waals surface area contributed by atoms with Gasteiger partial charge in [0.15, 0.2) is 5.16 Å². The van der Waals surface area contributed by atoms with Gasteiger partial charge in [-0.15, -0.1) is 5.10 Å². The van der Waals surface area contributed by atoms with Gasteiger partial charge in [-0.05, 0) is 30.5 Å². The number of ether oxygens (including phenoxy) is 2. The predicted octanol–water partition coefficient (Wildman–Crippen LogP) is 1.95. The van der Waals surface area contributed by atoms with Crippen LogP contribution in [0.15, 0.2) is 34.2 Å². The van der Waals surface area contributed by atoms with Crippen LogP contribution in [-0.4, -0.2) is 41.3 Å². The number of rotatable bonds is 9. The zero-order valence-electron chi connectivity index (χ0n) is 12.9. The molecule has 0 spiro atoms. The van der Waals surface area contributed by atoms with Crippen molar-refractivity contribution in [2.45, 2.75) is 24.5 Å². The average Bonchev–Trinajstić information content (AvgIpc) is 2.89. The summed E-state index contributed by atoms with van der Waals surface area (Å²) < 4.78 is 11.8. The molecule has 0 saturated carbocycles. The number of nitrogens with zero attached hydrogens (tertiary/aromatic N) is 2. The van der Waals surface area contributed by atoms with Crippen LogP contribution in [0.25, 0.3) is 0 Å². The van der Waals surface area contributed by atoms with Crippen molar-refractivity contribution in [3.63, 3.8) is 0 Å². The number of hydrogen-bond acceptors (Lipinski definition) is 5. The SMILES string of the molecule is COCCCn1c(SCCc2ccc(OC)cc2)n[nH]c1=O. The van der Waals surface area contributed by atoms with E-state index in [1.165, 1.54) is 5.56 Å². The van der Waals surface area contributed by atoms with Crippen molar-refractivity contribution in [2.24, 2.45) is 0 Å². The van der Waals surface area contributed by atoms with E-state index in [1.54, 1.807) is 30.5 Å². The van der Waals surface area contributed by atoms with Crippen molar-refractivity contribution < 1.29 is 9.47 Å². The van der Waals surface area contributed by atoms with Crippen molar-refractivity contribution in [3.8, 4) is 5.75 Å². The Balaban J connectivity index is 1.87. The van der Waals surface area contributed by atoms with Crippen molar-refractivity contribution in [2.75, 3.05) is 26.6 Å². The first-order valence-corrected chi connectivity index (χ1v) is 8.13. The molecule has 0 aliphatic carbocycles. The monoisotopic (exact) mass is 323 g/mol. The molecule has 6 nitrogen and oxygen atoms in total.